The van der Waals surface area contributed by atoms with Crippen LogP contribution in [0.2, 0.25) is 0 Å². The molecule has 1 fully saturated rings. The average molecular weight is 337 g/mol. The van der Waals surface area contributed by atoms with Gasteiger partial charge in [-0.1, -0.05) is 11.8 Å². The molecule has 1 aliphatic rings. The summed E-state index contributed by atoms with van der Waals surface area (Å²) in [7, 11) is 0. The van der Waals surface area contributed by atoms with Gasteiger partial charge >= 0.3 is 6.18 Å². The number of alkyl halides is 3. The molecule has 1 aromatic carbocycles. The lowest BCUT2D eigenvalue weighted by Gasteiger charge is -2.10. The number of benzene rings is 1. The molecule has 0 atom stereocenters. The lowest BCUT2D eigenvalue weighted by molar-refractivity contribution is -0.137. The Balaban J connectivity index is 1.97. The molecule has 23 heavy (non-hydrogen) atoms. The molecule has 0 N–H and O–H groups in total. The highest BCUT2D eigenvalue weighted by Crippen LogP contribution is 2.36. The first-order chi connectivity index (χ1) is 10.9. The van der Waals surface area contributed by atoms with Crippen molar-refractivity contribution in [1.82, 2.24) is 9.55 Å². The molecule has 8 heteroatoms. The van der Waals surface area contributed by atoms with E-state index < -0.39 is 17.3 Å². The molecule has 3 rings (SSSR count). The lowest BCUT2D eigenvalue weighted by Crippen LogP contribution is -2.20. The Kier molecular flexibility index (Phi) is 3.90. The van der Waals surface area contributed by atoms with Crippen LogP contribution >= 0.6 is 11.8 Å². The Bertz CT molecular complexity index is 850. The second kappa shape index (κ2) is 5.74. The molecule has 1 heterocycles. The van der Waals surface area contributed by atoms with Crippen molar-refractivity contribution in [2.45, 2.75) is 35.0 Å². The van der Waals surface area contributed by atoms with Crippen LogP contribution in [0.5, 0.6) is 0 Å². The fraction of sp³-hybridized carbons (Fsp3) is 0.267. The first kappa shape index (κ1) is 15.6. The lowest BCUT2D eigenvalue weighted by atomic mass is 10.1. The van der Waals surface area contributed by atoms with E-state index in [0.29, 0.717) is 0 Å². The summed E-state index contributed by atoms with van der Waals surface area (Å²) in [5.74, 6) is 0. The Morgan fingerprint density at radius 3 is 2.70 bits per heavy atom. The third kappa shape index (κ3) is 3.24. The van der Waals surface area contributed by atoms with Crippen LogP contribution in [0.3, 0.4) is 0 Å². The Labute approximate surface area is 133 Å². The number of hydrogen-bond acceptors (Lipinski definition) is 4. The minimum atomic E-state index is -4.63. The van der Waals surface area contributed by atoms with Crippen LogP contribution in [0.25, 0.3) is 0 Å². The summed E-state index contributed by atoms with van der Waals surface area (Å²) in [6.07, 6.45) is 0.270. The van der Waals surface area contributed by atoms with Crippen LogP contribution in [0.15, 0.2) is 45.3 Å². The predicted octanol–water partition coefficient (Wildman–Crippen LogP) is 3.62. The van der Waals surface area contributed by atoms with E-state index in [-0.39, 0.29) is 21.5 Å². The van der Waals surface area contributed by atoms with Crippen LogP contribution in [-0.2, 0) is 6.18 Å². The van der Waals surface area contributed by atoms with Crippen molar-refractivity contribution < 1.29 is 13.2 Å². The van der Waals surface area contributed by atoms with Crippen molar-refractivity contribution in [2.75, 3.05) is 0 Å². The van der Waals surface area contributed by atoms with E-state index >= 15 is 0 Å². The first-order valence-corrected chi connectivity index (χ1v) is 7.58. The maximum atomic E-state index is 13.0. The fourth-order valence-electron chi connectivity index (χ4n) is 2.15. The molecule has 1 saturated carbocycles. The second-order valence-electron chi connectivity index (χ2n) is 5.10. The Hall–Kier alpha value is -2.27. The number of nitrogens with zero attached hydrogens (tertiary/aromatic N) is 3. The predicted molar refractivity (Wildman–Crippen MR) is 77.1 cm³/mol. The second-order valence-corrected chi connectivity index (χ2v) is 6.16. The molecule has 0 amide bonds. The van der Waals surface area contributed by atoms with Crippen LogP contribution in [0.4, 0.5) is 13.2 Å². The molecule has 1 aromatic heterocycles. The molecular formula is C15H10F3N3OS. The van der Waals surface area contributed by atoms with Crippen molar-refractivity contribution in [3.63, 3.8) is 0 Å². The molecule has 4 nitrogen and oxygen atoms in total. The van der Waals surface area contributed by atoms with Crippen LogP contribution < -0.4 is 5.56 Å². The zero-order chi connectivity index (χ0) is 16.6. The highest BCUT2D eigenvalue weighted by Gasteiger charge is 2.34. The van der Waals surface area contributed by atoms with Gasteiger partial charge in [-0.15, -0.1) is 0 Å². The largest absolute Gasteiger partial charge is 0.417 e. The molecule has 0 unspecified atom stereocenters. The molecule has 0 aliphatic heterocycles. The number of hydrogen-bond donors (Lipinski definition) is 0. The van der Waals surface area contributed by atoms with E-state index in [1.54, 1.807) is 10.8 Å². The Morgan fingerprint density at radius 1 is 1.35 bits per heavy atom. The summed E-state index contributed by atoms with van der Waals surface area (Å²) in [6, 6.07) is 5.05. The van der Waals surface area contributed by atoms with Crippen molar-refractivity contribution in [3.8, 4) is 6.07 Å². The van der Waals surface area contributed by atoms with Gasteiger partial charge in [-0.25, -0.2) is 4.98 Å². The highest BCUT2D eigenvalue weighted by atomic mass is 32.2. The third-order valence-corrected chi connectivity index (χ3v) is 4.37. The summed E-state index contributed by atoms with van der Waals surface area (Å²) in [5, 5.41) is 8.91. The molecule has 118 valence electrons. The van der Waals surface area contributed by atoms with Gasteiger partial charge in [0, 0.05) is 23.3 Å². The highest BCUT2D eigenvalue weighted by molar-refractivity contribution is 7.99. The molecule has 0 spiro atoms. The van der Waals surface area contributed by atoms with Gasteiger partial charge in [0.25, 0.3) is 5.56 Å². The van der Waals surface area contributed by atoms with E-state index in [2.05, 4.69) is 4.98 Å². The van der Waals surface area contributed by atoms with E-state index in [1.165, 1.54) is 18.3 Å². The van der Waals surface area contributed by atoms with Crippen LogP contribution in [-0.4, -0.2) is 9.55 Å². The van der Waals surface area contributed by atoms with Crippen LogP contribution in [0.1, 0.15) is 30.0 Å². The number of rotatable bonds is 3. The standard InChI is InChI=1S/C15H10F3N3OS/c16-15(17,18)12-7-11(4-1-9(12)8-19)23-13-14(22)21(6-5-20-13)10-2-3-10/h1,4-7,10H,2-3H2. The normalized spacial score (nSPS) is 14.5. The first-order valence-electron chi connectivity index (χ1n) is 6.76. The van der Waals surface area contributed by atoms with E-state index in [1.807, 2.05) is 0 Å². The van der Waals surface area contributed by atoms with Gasteiger partial charge in [0.1, 0.15) is 0 Å². The van der Waals surface area contributed by atoms with Gasteiger partial charge in [0.2, 0.25) is 0 Å². The fourth-order valence-corrected chi connectivity index (χ4v) is 2.99. The maximum Gasteiger partial charge on any atom is 0.417 e. The minimum Gasteiger partial charge on any atom is -0.309 e. The summed E-state index contributed by atoms with van der Waals surface area (Å²) in [4.78, 5) is 16.4. The monoisotopic (exact) mass is 337 g/mol. The van der Waals surface area contributed by atoms with Gasteiger partial charge in [-0.05, 0) is 31.0 Å². The van der Waals surface area contributed by atoms with Crippen molar-refractivity contribution in [2.24, 2.45) is 0 Å². The maximum absolute atomic E-state index is 13.0. The number of nitriles is 1. The van der Waals surface area contributed by atoms with E-state index in [9.17, 15) is 18.0 Å². The summed E-state index contributed by atoms with van der Waals surface area (Å²) < 4.78 is 40.5. The van der Waals surface area contributed by atoms with Gasteiger partial charge in [0.15, 0.2) is 5.03 Å². The SMILES string of the molecule is N#Cc1ccc(Sc2nccn(C3CC3)c2=O)cc1C(F)(F)F. The molecule has 0 bridgehead atoms. The van der Waals surface area contributed by atoms with Crippen LogP contribution in [0, 0.1) is 11.3 Å². The number of aromatic nitrogens is 2. The van der Waals surface area contributed by atoms with Crippen molar-refractivity contribution in [1.29, 1.82) is 5.26 Å². The zero-order valence-electron chi connectivity index (χ0n) is 11.7. The zero-order valence-corrected chi connectivity index (χ0v) is 12.5. The van der Waals surface area contributed by atoms with Gasteiger partial charge in [-0.3, -0.25) is 4.79 Å². The molecule has 2 aromatic rings. The topological polar surface area (TPSA) is 58.7 Å². The summed E-state index contributed by atoms with van der Waals surface area (Å²) in [6.45, 7) is 0. The van der Waals surface area contributed by atoms with E-state index in [0.717, 1.165) is 36.7 Å². The molecule has 0 saturated heterocycles. The number of halogens is 3. The van der Waals surface area contributed by atoms with Crippen molar-refractivity contribution in [3.05, 3.63) is 52.1 Å². The summed E-state index contributed by atoms with van der Waals surface area (Å²) >= 11 is 0.869. The van der Waals surface area contributed by atoms with Gasteiger partial charge in [-0.2, -0.15) is 18.4 Å². The quantitative estimate of drug-likeness (QED) is 0.858. The van der Waals surface area contributed by atoms with Gasteiger partial charge in [0.05, 0.1) is 17.2 Å². The third-order valence-electron chi connectivity index (χ3n) is 3.41. The Morgan fingerprint density at radius 2 is 2.09 bits per heavy atom. The van der Waals surface area contributed by atoms with Crippen molar-refractivity contribution >= 4 is 11.8 Å². The van der Waals surface area contributed by atoms with Gasteiger partial charge < -0.3 is 4.57 Å². The average Bonchev–Trinajstić information content (AvgIpc) is 3.33. The molecule has 1 aliphatic carbocycles. The smallest absolute Gasteiger partial charge is 0.309 e. The molecule has 0 radical (unpaired) electrons. The summed E-state index contributed by atoms with van der Waals surface area (Å²) in [5.41, 5.74) is -1.76. The van der Waals surface area contributed by atoms with E-state index in [4.69, 9.17) is 5.26 Å². The molecular weight excluding hydrogens is 327 g/mol. The minimum absolute atomic E-state index is 0.122.